The second-order valence-electron chi connectivity index (χ2n) is 11.1. The number of allylic oxidation sites excluding steroid dienone is 1. The van der Waals surface area contributed by atoms with E-state index in [0.717, 1.165) is 22.3 Å². The summed E-state index contributed by atoms with van der Waals surface area (Å²) in [7, 11) is 0. The Labute approximate surface area is 281 Å². The molecular formula is C43H36O5. The summed E-state index contributed by atoms with van der Waals surface area (Å²) in [5.74, 6) is 1.59. The summed E-state index contributed by atoms with van der Waals surface area (Å²) in [5, 5.41) is 0. The van der Waals surface area contributed by atoms with Crippen LogP contribution in [-0.2, 0) is 26.4 Å². The van der Waals surface area contributed by atoms with Gasteiger partial charge in [-0.15, -0.1) is 0 Å². The van der Waals surface area contributed by atoms with E-state index in [1.807, 2.05) is 146 Å². The fourth-order valence-electron chi connectivity index (χ4n) is 5.05. The molecule has 0 atom stereocenters. The molecule has 0 spiro atoms. The Morgan fingerprint density at radius 2 is 0.812 bits per heavy atom. The highest BCUT2D eigenvalue weighted by Crippen LogP contribution is 2.49. The Bertz CT molecular complexity index is 1910. The molecule has 0 saturated heterocycles. The Hall–Kier alpha value is -6.07. The molecule has 0 amide bonds. The number of rotatable bonds is 15. The lowest BCUT2D eigenvalue weighted by Crippen LogP contribution is -2.08. The van der Waals surface area contributed by atoms with Gasteiger partial charge in [0.25, 0.3) is 0 Å². The molecule has 5 nitrogen and oxygen atoms in total. The normalized spacial score (nSPS) is 10.8. The average Bonchev–Trinajstić information content (AvgIpc) is 3.16. The van der Waals surface area contributed by atoms with Gasteiger partial charge < -0.3 is 18.9 Å². The van der Waals surface area contributed by atoms with Crippen LogP contribution in [0, 0.1) is 0 Å². The van der Waals surface area contributed by atoms with Gasteiger partial charge in [-0.1, -0.05) is 152 Å². The fraction of sp³-hybridized carbons (Fsp3) is 0.0930. The van der Waals surface area contributed by atoms with Crippen LogP contribution in [0.4, 0.5) is 0 Å². The van der Waals surface area contributed by atoms with E-state index in [4.69, 9.17) is 18.9 Å². The van der Waals surface area contributed by atoms with Crippen molar-refractivity contribution in [3.8, 4) is 23.0 Å². The van der Waals surface area contributed by atoms with Crippen molar-refractivity contribution in [2.75, 3.05) is 0 Å². The van der Waals surface area contributed by atoms with Crippen LogP contribution in [0.25, 0.3) is 6.08 Å². The Morgan fingerprint density at radius 1 is 0.438 bits per heavy atom. The monoisotopic (exact) mass is 632 g/mol. The number of hydrogen-bond acceptors (Lipinski definition) is 5. The first-order chi connectivity index (χ1) is 23.7. The summed E-state index contributed by atoms with van der Waals surface area (Å²) in [4.78, 5) is 13.2. The van der Waals surface area contributed by atoms with E-state index in [1.54, 1.807) is 24.3 Å². The van der Waals surface area contributed by atoms with Gasteiger partial charge in [-0.05, 0) is 40.5 Å². The summed E-state index contributed by atoms with van der Waals surface area (Å²) in [6.07, 6.45) is 3.30. The molecule has 0 aliphatic heterocycles. The van der Waals surface area contributed by atoms with E-state index in [9.17, 15) is 4.79 Å². The summed E-state index contributed by atoms with van der Waals surface area (Å²) >= 11 is 0. The molecule has 238 valence electrons. The third kappa shape index (κ3) is 8.80. The van der Waals surface area contributed by atoms with Crippen molar-refractivity contribution < 1.29 is 23.7 Å². The van der Waals surface area contributed by atoms with Gasteiger partial charge in [0.05, 0.1) is 0 Å². The lowest BCUT2D eigenvalue weighted by Gasteiger charge is -2.22. The number of carbonyl (C=O) groups is 1. The molecule has 0 aliphatic carbocycles. The molecule has 6 rings (SSSR count). The molecule has 0 radical (unpaired) electrons. The molecule has 0 aliphatic rings. The number of hydrogen-bond donors (Lipinski definition) is 0. The first-order valence-corrected chi connectivity index (χ1v) is 15.9. The van der Waals surface area contributed by atoms with Crippen LogP contribution in [0.15, 0.2) is 164 Å². The van der Waals surface area contributed by atoms with E-state index < -0.39 is 0 Å². The predicted molar refractivity (Wildman–Crippen MR) is 189 cm³/mol. The van der Waals surface area contributed by atoms with Crippen molar-refractivity contribution in [3.63, 3.8) is 0 Å². The molecule has 48 heavy (non-hydrogen) atoms. The highest BCUT2D eigenvalue weighted by atomic mass is 16.6. The largest absolute Gasteiger partial charge is 0.485 e. The molecule has 0 saturated carbocycles. The van der Waals surface area contributed by atoms with Crippen LogP contribution in [0.5, 0.6) is 23.0 Å². The van der Waals surface area contributed by atoms with Crippen LogP contribution in [0.3, 0.4) is 0 Å². The minimum Gasteiger partial charge on any atom is -0.485 e. The Morgan fingerprint density at radius 3 is 1.27 bits per heavy atom. The van der Waals surface area contributed by atoms with E-state index in [0.29, 0.717) is 40.7 Å². The fourth-order valence-corrected chi connectivity index (χ4v) is 5.05. The third-order valence-corrected chi connectivity index (χ3v) is 7.57. The van der Waals surface area contributed by atoms with Crippen LogP contribution >= 0.6 is 0 Å². The van der Waals surface area contributed by atoms with E-state index >= 15 is 0 Å². The summed E-state index contributed by atoms with van der Waals surface area (Å²) < 4.78 is 26.2. The summed E-state index contributed by atoms with van der Waals surface area (Å²) in [5.41, 5.74) is 5.16. The number of ketones is 1. The second kappa shape index (κ2) is 16.5. The maximum Gasteiger partial charge on any atom is 0.208 e. The SMILES string of the molecule is O=C(C=Cc1cc(OCc2ccccc2)c(OCc2ccccc2)c(OCc2ccccc2)c1OCc1ccccc1)c1ccccc1. The number of carbonyl (C=O) groups excluding carboxylic acids is 1. The molecule has 6 aromatic carbocycles. The van der Waals surface area contributed by atoms with Crippen molar-refractivity contribution in [1.29, 1.82) is 0 Å². The Balaban J connectivity index is 1.46. The first-order valence-electron chi connectivity index (χ1n) is 15.9. The zero-order valence-electron chi connectivity index (χ0n) is 26.5. The predicted octanol–water partition coefficient (Wildman–Crippen LogP) is 9.90. The quantitative estimate of drug-likeness (QED) is 0.0833. The van der Waals surface area contributed by atoms with Gasteiger partial charge in [-0.3, -0.25) is 4.79 Å². The van der Waals surface area contributed by atoms with Crippen LogP contribution < -0.4 is 18.9 Å². The van der Waals surface area contributed by atoms with Crippen LogP contribution in [0.1, 0.15) is 38.2 Å². The van der Waals surface area contributed by atoms with Gasteiger partial charge >= 0.3 is 0 Å². The van der Waals surface area contributed by atoms with Gasteiger partial charge in [0.1, 0.15) is 26.4 Å². The molecule has 0 unspecified atom stereocenters. The van der Waals surface area contributed by atoms with Crippen molar-refractivity contribution >= 4 is 11.9 Å². The van der Waals surface area contributed by atoms with Crippen molar-refractivity contribution in [2.24, 2.45) is 0 Å². The standard InChI is InChI=1S/C43H36O5/c44-39(37-24-14-5-15-25-37)27-26-38-28-40(45-29-33-16-6-1-7-17-33)42(47-31-35-20-10-3-11-21-35)43(48-32-36-22-12-4-13-23-36)41(38)46-30-34-18-8-2-9-19-34/h1-28H,29-32H2. The van der Waals surface area contributed by atoms with E-state index in [1.165, 1.54) is 0 Å². The smallest absolute Gasteiger partial charge is 0.208 e. The molecule has 0 bridgehead atoms. The summed E-state index contributed by atoms with van der Waals surface area (Å²) in [6.45, 7) is 1.12. The maximum absolute atomic E-state index is 13.2. The first kappa shape index (κ1) is 31.9. The molecule has 6 aromatic rings. The highest BCUT2D eigenvalue weighted by Gasteiger charge is 2.24. The summed E-state index contributed by atoms with van der Waals surface area (Å²) in [6, 6.07) is 50.7. The molecule has 5 heteroatoms. The zero-order chi connectivity index (χ0) is 32.8. The molecular weight excluding hydrogens is 596 g/mol. The third-order valence-electron chi connectivity index (χ3n) is 7.57. The Kier molecular flexibility index (Phi) is 10.9. The van der Waals surface area contributed by atoms with Gasteiger partial charge in [-0.2, -0.15) is 0 Å². The minimum atomic E-state index is -0.132. The minimum absolute atomic E-state index is 0.132. The lowest BCUT2D eigenvalue weighted by atomic mass is 10.1. The average molecular weight is 633 g/mol. The lowest BCUT2D eigenvalue weighted by molar-refractivity contribution is 0.104. The molecule has 0 N–H and O–H groups in total. The van der Waals surface area contributed by atoms with Crippen molar-refractivity contribution in [1.82, 2.24) is 0 Å². The van der Waals surface area contributed by atoms with Gasteiger partial charge in [0, 0.05) is 11.1 Å². The molecule has 0 fully saturated rings. The molecule has 0 aromatic heterocycles. The van der Waals surface area contributed by atoms with E-state index in [2.05, 4.69) is 0 Å². The second-order valence-corrected chi connectivity index (χ2v) is 11.1. The maximum atomic E-state index is 13.2. The van der Waals surface area contributed by atoms with E-state index in [-0.39, 0.29) is 25.6 Å². The van der Waals surface area contributed by atoms with Gasteiger partial charge in [0.2, 0.25) is 11.5 Å². The van der Waals surface area contributed by atoms with Crippen molar-refractivity contribution in [3.05, 3.63) is 197 Å². The molecule has 0 heterocycles. The zero-order valence-corrected chi connectivity index (χ0v) is 26.5. The number of benzene rings is 6. The number of ether oxygens (including phenoxy) is 4. The topological polar surface area (TPSA) is 54.0 Å². The van der Waals surface area contributed by atoms with Crippen LogP contribution in [-0.4, -0.2) is 5.78 Å². The van der Waals surface area contributed by atoms with Crippen molar-refractivity contribution in [2.45, 2.75) is 26.4 Å². The van der Waals surface area contributed by atoms with Gasteiger partial charge in [-0.25, -0.2) is 0 Å². The highest BCUT2D eigenvalue weighted by molar-refractivity contribution is 6.07. The van der Waals surface area contributed by atoms with Crippen LogP contribution in [0.2, 0.25) is 0 Å². The van der Waals surface area contributed by atoms with Gasteiger partial charge in [0.15, 0.2) is 17.3 Å².